The second-order valence-electron chi connectivity index (χ2n) is 19.3. The lowest BCUT2D eigenvalue weighted by Crippen LogP contribution is -2.30. The van der Waals surface area contributed by atoms with E-state index in [-0.39, 0.29) is 31.1 Å². The molecule has 0 rings (SSSR count). The van der Waals surface area contributed by atoms with E-state index in [0.717, 1.165) is 122 Å². The van der Waals surface area contributed by atoms with E-state index in [2.05, 4.69) is 106 Å². The zero-order valence-corrected chi connectivity index (χ0v) is 46.2. The Labute approximate surface area is 438 Å². The molecule has 71 heavy (non-hydrogen) atoms. The minimum atomic E-state index is -0.799. The third kappa shape index (κ3) is 56.9. The molecule has 0 N–H and O–H groups in total. The Morgan fingerprint density at radius 1 is 0.310 bits per heavy atom. The predicted molar refractivity (Wildman–Crippen MR) is 307 cm³/mol. The van der Waals surface area contributed by atoms with Gasteiger partial charge in [0.05, 0.1) is 0 Å². The van der Waals surface area contributed by atoms with Gasteiger partial charge in [-0.05, 0) is 77.0 Å². The average molecular weight is 986 g/mol. The summed E-state index contributed by atoms with van der Waals surface area (Å²) in [5.41, 5.74) is 0. The number of rotatable bonds is 52. The largest absolute Gasteiger partial charge is 0.462 e. The lowest BCUT2D eigenvalue weighted by atomic mass is 10.0. The molecule has 0 fully saturated rings. The first-order chi connectivity index (χ1) is 35.0. The fourth-order valence-electron chi connectivity index (χ4n) is 7.99. The first-order valence-electron chi connectivity index (χ1n) is 29.5. The number of carbonyl (C=O) groups excluding carboxylic acids is 3. The minimum absolute atomic E-state index is 0.0929. The molecule has 0 aliphatic carbocycles. The Morgan fingerprint density at radius 2 is 0.634 bits per heavy atom. The van der Waals surface area contributed by atoms with Crippen molar-refractivity contribution in [3.05, 3.63) is 109 Å². The van der Waals surface area contributed by atoms with Crippen LogP contribution in [0, 0.1) is 0 Å². The van der Waals surface area contributed by atoms with Crippen LogP contribution in [0.3, 0.4) is 0 Å². The summed E-state index contributed by atoms with van der Waals surface area (Å²) in [6.45, 7) is 6.42. The van der Waals surface area contributed by atoms with Gasteiger partial charge in [0, 0.05) is 19.3 Å². The highest BCUT2D eigenvalue weighted by atomic mass is 16.6. The highest BCUT2D eigenvalue weighted by Crippen LogP contribution is 2.16. The molecule has 6 nitrogen and oxygen atoms in total. The zero-order valence-electron chi connectivity index (χ0n) is 46.2. The van der Waals surface area contributed by atoms with Gasteiger partial charge in [0.15, 0.2) is 6.10 Å². The molecule has 0 aromatic heterocycles. The van der Waals surface area contributed by atoms with Crippen molar-refractivity contribution in [3.63, 3.8) is 0 Å². The maximum Gasteiger partial charge on any atom is 0.306 e. The molecule has 0 aliphatic rings. The fourth-order valence-corrected chi connectivity index (χ4v) is 7.99. The van der Waals surface area contributed by atoms with Crippen LogP contribution in [0.2, 0.25) is 0 Å². The van der Waals surface area contributed by atoms with Crippen LogP contribution in [0.1, 0.15) is 265 Å². The Hall–Kier alpha value is -3.93. The minimum Gasteiger partial charge on any atom is -0.462 e. The SMILES string of the molecule is CC/C=C\C/C=C\C/C=C\C/C=C\CCCCCCCCC(=O)OCC(COC(=O)CCCCCCCCCCCCCCCCCC)OC(=O)CCCCCCC\C=C/C=C\C=C/C=C\C=C/CCC. The maximum absolute atomic E-state index is 12.9. The quantitative estimate of drug-likeness (QED) is 0.0199. The van der Waals surface area contributed by atoms with E-state index in [1.54, 1.807) is 0 Å². The maximum atomic E-state index is 12.9. The van der Waals surface area contributed by atoms with Crippen molar-refractivity contribution in [3.8, 4) is 0 Å². The van der Waals surface area contributed by atoms with Crippen LogP contribution in [-0.2, 0) is 28.6 Å². The van der Waals surface area contributed by atoms with E-state index in [1.807, 2.05) is 24.3 Å². The van der Waals surface area contributed by atoms with Crippen molar-refractivity contribution < 1.29 is 28.6 Å². The summed E-state index contributed by atoms with van der Waals surface area (Å²) in [4.78, 5) is 38.2. The van der Waals surface area contributed by atoms with Gasteiger partial charge in [-0.3, -0.25) is 14.4 Å². The average Bonchev–Trinajstić information content (AvgIpc) is 3.37. The lowest BCUT2D eigenvalue weighted by molar-refractivity contribution is -0.167. The van der Waals surface area contributed by atoms with Crippen LogP contribution < -0.4 is 0 Å². The van der Waals surface area contributed by atoms with Gasteiger partial charge in [-0.25, -0.2) is 0 Å². The highest BCUT2D eigenvalue weighted by molar-refractivity contribution is 5.71. The number of ether oxygens (including phenoxy) is 3. The van der Waals surface area contributed by atoms with Crippen LogP contribution in [0.15, 0.2) is 109 Å². The number of hydrogen-bond donors (Lipinski definition) is 0. The van der Waals surface area contributed by atoms with Gasteiger partial charge in [0.25, 0.3) is 0 Å². The molecule has 0 aromatic carbocycles. The molecule has 0 amide bonds. The molecule has 6 heteroatoms. The van der Waals surface area contributed by atoms with Crippen LogP contribution in [0.4, 0.5) is 0 Å². The standard InChI is InChI=1S/C65H108O6/c1-4-7-10-13-16-19-22-25-28-31-33-35-37-40-43-46-49-52-55-58-64(67)70-61-62(60-69-63(66)57-54-51-48-45-42-39-36-30-27-24-21-18-15-12-9-6-3)71-65(68)59-56-53-50-47-44-41-38-34-32-29-26-23-20-17-14-11-8-5-2/h7,10-11,14,16-17,19-20,23,25-26,28-29,32-35,38,62H,4-6,8-9,12-13,15,18,21-22,24,27,30-31,36-37,39-61H2,1-3H3/b10-7-,14-11-,19-16-,20-17-,26-23-,28-25-,32-29-,35-33-,38-34-. The molecule has 0 aromatic rings. The van der Waals surface area contributed by atoms with Crippen molar-refractivity contribution >= 4 is 17.9 Å². The molecule has 0 saturated heterocycles. The van der Waals surface area contributed by atoms with Crippen molar-refractivity contribution in [2.24, 2.45) is 0 Å². The Morgan fingerprint density at radius 3 is 1.04 bits per heavy atom. The second kappa shape index (κ2) is 58.6. The van der Waals surface area contributed by atoms with Crippen LogP contribution in [0.25, 0.3) is 0 Å². The first kappa shape index (κ1) is 67.1. The summed E-state index contributed by atoms with van der Waals surface area (Å²) in [5.74, 6) is -0.928. The molecular formula is C65H108O6. The Kier molecular flexibility index (Phi) is 55.4. The third-order valence-electron chi connectivity index (χ3n) is 12.4. The van der Waals surface area contributed by atoms with E-state index in [0.29, 0.717) is 19.3 Å². The molecule has 404 valence electrons. The number of unbranched alkanes of at least 4 members (excludes halogenated alkanes) is 27. The monoisotopic (exact) mass is 985 g/mol. The van der Waals surface area contributed by atoms with Crippen molar-refractivity contribution in [2.45, 2.75) is 271 Å². The first-order valence-corrected chi connectivity index (χ1v) is 29.5. The molecule has 0 spiro atoms. The van der Waals surface area contributed by atoms with E-state index < -0.39 is 6.10 Å². The van der Waals surface area contributed by atoms with Crippen LogP contribution in [0.5, 0.6) is 0 Å². The molecule has 0 saturated carbocycles. The molecule has 1 unspecified atom stereocenters. The normalized spacial score (nSPS) is 12.9. The Bertz CT molecular complexity index is 1460. The third-order valence-corrected chi connectivity index (χ3v) is 12.4. The number of hydrogen-bond acceptors (Lipinski definition) is 6. The fraction of sp³-hybridized carbons (Fsp3) is 0.677. The van der Waals surface area contributed by atoms with Crippen molar-refractivity contribution in [1.82, 2.24) is 0 Å². The predicted octanol–water partition coefficient (Wildman–Crippen LogP) is 19.9. The Balaban J connectivity index is 4.47. The number of esters is 3. The lowest BCUT2D eigenvalue weighted by Gasteiger charge is -2.18. The summed E-state index contributed by atoms with van der Waals surface area (Å²) >= 11 is 0. The number of allylic oxidation sites excluding steroid dienone is 18. The van der Waals surface area contributed by atoms with E-state index in [9.17, 15) is 14.4 Å². The summed E-state index contributed by atoms with van der Waals surface area (Å²) < 4.78 is 16.9. The van der Waals surface area contributed by atoms with E-state index >= 15 is 0 Å². The van der Waals surface area contributed by atoms with Gasteiger partial charge in [-0.1, -0.05) is 278 Å². The summed E-state index contributed by atoms with van der Waals surface area (Å²) in [7, 11) is 0. The summed E-state index contributed by atoms with van der Waals surface area (Å²) in [6, 6.07) is 0. The molecule has 0 aliphatic heterocycles. The second-order valence-corrected chi connectivity index (χ2v) is 19.3. The van der Waals surface area contributed by atoms with Crippen LogP contribution >= 0.6 is 0 Å². The van der Waals surface area contributed by atoms with Gasteiger partial charge in [0.2, 0.25) is 0 Å². The number of carbonyl (C=O) groups is 3. The zero-order chi connectivity index (χ0) is 51.4. The summed E-state index contributed by atoms with van der Waals surface area (Å²) in [6.07, 6.45) is 79.2. The van der Waals surface area contributed by atoms with Crippen molar-refractivity contribution in [2.75, 3.05) is 13.2 Å². The summed E-state index contributed by atoms with van der Waals surface area (Å²) in [5, 5.41) is 0. The molecular weight excluding hydrogens is 877 g/mol. The highest BCUT2D eigenvalue weighted by Gasteiger charge is 2.19. The van der Waals surface area contributed by atoms with E-state index in [1.165, 1.54) is 103 Å². The van der Waals surface area contributed by atoms with Gasteiger partial charge in [0.1, 0.15) is 13.2 Å². The van der Waals surface area contributed by atoms with Gasteiger partial charge >= 0.3 is 17.9 Å². The smallest absolute Gasteiger partial charge is 0.306 e. The van der Waals surface area contributed by atoms with Gasteiger partial charge in [-0.2, -0.15) is 0 Å². The molecule has 0 heterocycles. The molecule has 1 atom stereocenters. The van der Waals surface area contributed by atoms with Crippen molar-refractivity contribution in [1.29, 1.82) is 0 Å². The van der Waals surface area contributed by atoms with Gasteiger partial charge in [-0.15, -0.1) is 0 Å². The molecule has 0 bridgehead atoms. The van der Waals surface area contributed by atoms with Crippen LogP contribution in [-0.4, -0.2) is 37.2 Å². The van der Waals surface area contributed by atoms with Gasteiger partial charge < -0.3 is 14.2 Å². The molecule has 0 radical (unpaired) electrons. The van der Waals surface area contributed by atoms with E-state index in [4.69, 9.17) is 14.2 Å². The topological polar surface area (TPSA) is 78.9 Å².